The molecular weight excluding hydrogens is 308 g/mol. The van der Waals surface area contributed by atoms with Gasteiger partial charge in [0.1, 0.15) is 0 Å². The molecule has 1 unspecified atom stereocenters. The maximum atomic E-state index is 12.5. The molecule has 1 aromatic carbocycles. The Morgan fingerprint density at radius 3 is 2.70 bits per heavy atom. The van der Waals surface area contributed by atoms with E-state index in [4.69, 9.17) is 0 Å². The molecule has 1 aliphatic heterocycles. The van der Waals surface area contributed by atoms with Gasteiger partial charge in [0.15, 0.2) is 0 Å². The van der Waals surface area contributed by atoms with E-state index in [1.54, 1.807) is 18.3 Å². The van der Waals surface area contributed by atoms with Crippen molar-refractivity contribution in [2.24, 2.45) is 0 Å². The average molecular weight is 328 g/mol. The van der Waals surface area contributed by atoms with Crippen LogP contribution in [0.1, 0.15) is 45.6 Å². The maximum Gasteiger partial charge on any atom is 0.261 e. The molecule has 23 heavy (non-hydrogen) atoms. The third-order valence-corrected chi connectivity index (χ3v) is 5.42. The molecule has 3 rings (SSSR count). The summed E-state index contributed by atoms with van der Waals surface area (Å²) < 4.78 is 0. The summed E-state index contributed by atoms with van der Waals surface area (Å²) >= 11 is 1.54. The van der Waals surface area contributed by atoms with Gasteiger partial charge in [-0.3, -0.25) is 9.59 Å². The molecule has 4 nitrogen and oxygen atoms in total. The summed E-state index contributed by atoms with van der Waals surface area (Å²) in [7, 11) is 0. The van der Waals surface area contributed by atoms with Gasteiger partial charge in [-0.1, -0.05) is 30.3 Å². The molecule has 0 fully saturated rings. The van der Waals surface area contributed by atoms with Crippen molar-refractivity contribution in [3.8, 4) is 0 Å². The van der Waals surface area contributed by atoms with Crippen molar-refractivity contribution in [2.45, 2.75) is 32.9 Å². The van der Waals surface area contributed by atoms with E-state index in [9.17, 15) is 9.59 Å². The van der Waals surface area contributed by atoms with E-state index in [-0.39, 0.29) is 17.9 Å². The molecule has 1 aromatic heterocycles. The van der Waals surface area contributed by atoms with Gasteiger partial charge in [0, 0.05) is 24.9 Å². The number of hydrogen-bond acceptors (Lipinski definition) is 3. The van der Waals surface area contributed by atoms with Crippen LogP contribution in [0.15, 0.2) is 36.4 Å². The van der Waals surface area contributed by atoms with Crippen LogP contribution in [0.25, 0.3) is 0 Å². The van der Waals surface area contributed by atoms with Gasteiger partial charge in [-0.15, -0.1) is 11.3 Å². The standard InChI is InChI=1S/C18H20N2O2S/c1-12(14-6-4-3-5-7-14)19-18(22)17-10-15-11-20(13(2)21)9-8-16(15)23-17/h3-7,10,12H,8-9,11H2,1-2H3,(H,19,22). The Labute approximate surface area is 140 Å². The summed E-state index contributed by atoms with van der Waals surface area (Å²) in [6.45, 7) is 4.93. The predicted molar refractivity (Wildman–Crippen MR) is 91.4 cm³/mol. The highest BCUT2D eigenvalue weighted by atomic mass is 32.1. The van der Waals surface area contributed by atoms with Crippen molar-refractivity contribution >= 4 is 23.2 Å². The highest BCUT2D eigenvalue weighted by molar-refractivity contribution is 7.14. The summed E-state index contributed by atoms with van der Waals surface area (Å²) in [6, 6.07) is 11.8. The lowest BCUT2D eigenvalue weighted by Gasteiger charge is -2.25. The molecule has 5 heteroatoms. The van der Waals surface area contributed by atoms with Crippen LogP contribution in [-0.4, -0.2) is 23.3 Å². The third-order valence-electron chi connectivity index (χ3n) is 4.18. The van der Waals surface area contributed by atoms with Crippen LogP contribution in [0.4, 0.5) is 0 Å². The molecule has 0 spiro atoms. The van der Waals surface area contributed by atoms with Crippen LogP contribution in [0.5, 0.6) is 0 Å². The first-order valence-corrected chi connectivity index (χ1v) is 8.59. The minimum absolute atomic E-state index is 0.0310. The highest BCUT2D eigenvalue weighted by Gasteiger charge is 2.23. The normalized spacial score (nSPS) is 15.0. The Morgan fingerprint density at radius 2 is 2.00 bits per heavy atom. The third kappa shape index (κ3) is 3.45. The molecule has 2 amide bonds. The van der Waals surface area contributed by atoms with Gasteiger partial charge in [-0.25, -0.2) is 0 Å². The Hall–Kier alpha value is -2.14. The number of nitrogens with one attached hydrogen (secondary N) is 1. The van der Waals surface area contributed by atoms with Crippen molar-refractivity contribution in [2.75, 3.05) is 6.54 Å². The lowest BCUT2D eigenvalue weighted by atomic mass is 10.1. The predicted octanol–water partition coefficient (Wildman–Crippen LogP) is 3.14. The first kappa shape index (κ1) is 15.7. The Bertz CT molecular complexity index is 724. The molecule has 0 radical (unpaired) electrons. The second-order valence-electron chi connectivity index (χ2n) is 5.86. The molecule has 1 aliphatic rings. The van der Waals surface area contributed by atoms with Crippen LogP contribution >= 0.6 is 11.3 Å². The van der Waals surface area contributed by atoms with Gasteiger partial charge in [-0.2, -0.15) is 0 Å². The van der Waals surface area contributed by atoms with E-state index in [1.165, 1.54) is 4.88 Å². The topological polar surface area (TPSA) is 49.4 Å². The average Bonchev–Trinajstić information content (AvgIpc) is 2.98. The van der Waals surface area contributed by atoms with E-state index in [0.29, 0.717) is 6.54 Å². The van der Waals surface area contributed by atoms with E-state index < -0.39 is 0 Å². The molecular formula is C18H20N2O2S. The monoisotopic (exact) mass is 328 g/mol. The quantitative estimate of drug-likeness (QED) is 0.941. The van der Waals surface area contributed by atoms with Crippen LogP contribution < -0.4 is 5.32 Å². The number of rotatable bonds is 3. The van der Waals surface area contributed by atoms with E-state index in [1.807, 2.05) is 48.2 Å². The smallest absolute Gasteiger partial charge is 0.261 e. The zero-order valence-corrected chi connectivity index (χ0v) is 14.2. The van der Waals surface area contributed by atoms with E-state index in [2.05, 4.69) is 5.32 Å². The first-order chi connectivity index (χ1) is 11.0. The van der Waals surface area contributed by atoms with Crippen LogP contribution in [-0.2, 0) is 17.8 Å². The number of benzene rings is 1. The zero-order chi connectivity index (χ0) is 16.4. The fraction of sp³-hybridized carbons (Fsp3) is 0.333. The fourth-order valence-electron chi connectivity index (χ4n) is 2.81. The van der Waals surface area contributed by atoms with Crippen molar-refractivity contribution < 1.29 is 9.59 Å². The molecule has 0 bridgehead atoms. The largest absolute Gasteiger partial charge is 0.345 e. The van der Waals surface area contributed by atoms with Gasteiger partial charge in [0.2, 0.25) is 5.91 Å². The van der Waals surface area contributed by atoms with Crippen molar-refractivity contribution in [1.82, 2.24) is 10.2 Å². The molecule has 0 saturated heterocycles. The summed E-state index contributed by atoms with van der Waals surface area (Å²) in [5.41, 5.74) is 2.19. The molecule has 2 heterocycles. The van der Waals surface area contributed by atoms with E-state index >= 15 is 0 Å². The lowest BCUT2D eigenvalue weighted by molar-refractivity contribution is -0.129. The van der Waals surface area contributed by atoms with Gasteiger partial charge in [0.05, 0.1) is 10.9 Å². The molecule has 0 saturated carbocycles. The number of carbonyl (C=O) groups is 2. The number of nitrogens with zero attached hydrogens (tertiary/aromatic N) is 1. The van der Waals surface area contributed by atoms with Crippen LogP contribution in [0.3, 0.4) is 0 Å². The molecule has 2 aromatic rings. The molecule has 1 atom stereocenters. The Kier molecular flexibility index (Phi) is 4.48. The summed E-state index contributed by atoms with van der Waals surface area (Å²) in [4.78, 5) is 27.8. The lowest BCUT2D eigenvalue weighted by Crippen LogP contribution is -2.33. The SMILES string of the molecule is CC(=O)N1CCc2sc(C(=O)NC(C)c3ccccc3)cc2C1. The summed E-state index contributed by atoms with van der Waals surface area (Å²) in [5, 5.41) is 3.05. The minimum atomic E-state index is -0.0462. The molecule has 120 valence electrons. The van der Waals surface area contributed by atoms with Crippen LogP contribution in [0.2, 0.25) is 0 Å². The fourth-order valence-corrected chi connectivity index (χ4v) is 3.87. The molecule has 1 N–H and O–H groups in total. The maximum absolute atomic E-state index is 12.5. The van der Waals surface area contributed by atoms with Crippen molar-refractivity contribution in [3.63, 3.8) is 0 Å². The van der Waals surface area contributed by atoms with Crippen molar-refractivity contribution in [3.05, 3.63) is 57.3 Å². The number of thiophene rings is 1. The van der Waals surface area contributed by atoms with Gasteiger partial charge in [0.25, 0.3) is 5.91 Å². The highest BCUT2D eigenvalue weighted by Crippen LogP contribution is 2.28. The zero-order valence-electron chi connectivity index (χ0n) is 13.3. The van der Waals surface area contributed by atoms with E-state index in [0.717, 1.165) is 29.0 Å². The van der Waals surface area contributed by atoms with Gasteiger partial charge in [-0.05, 0) is 30.5 Å². The molecule has 0 aliphatic carbocycles. The number of carbonyl (C=O) groups excluding carboxylic acids is 2. The second kappa shape index (κ2) is 6.54. The number of amides is 2. The summed E-state index contributed by atoms with van der Waals surface area (Å²) in [5.74, 6) is 0.0423. The summed E-state index contributed by atoms with van der Waals surface area (Å²) in [6.07, 6.45) is 0.834. The number of hydrogen-bond donors (Lipinski definition) is 1. The van der Waals surface area contributed by atoms with Crippen molar-refractivity contribution in [1.29, 1.82) is 0 Å². The Balaban J connectivity index is 1.71. The first-order valence-electron chi connectivity index (χ1n) is 7.77. The van der Waals surface area contributed by atoms with Crippen LogP contribution in [0, 0.1) is 0 Å². The number of fused-ring (bicyclic) bond motifs is 1. The van der Waals surface area contributed by atoms with Gasteiger partial charge < -0.3 is 10.2 Å². The Morgan fingerprint density at radius 1 is 1.26 bits per heavy atom. The minimum Gasteiger partial charge on any atom is -0.345 e. The van der Waals surface area contributed by atoms with Gasteiger partial charge >= 0.3 is 0 Å². The second-order valence-corrected chi connectivity index (χ2v) is 6.99.